The molecule has 0 amide bonds. The Hall–Kier alpha value is -1.57. The van der Waals surface area contributed by atoms with E-state index < -0.39 is 5.97 Å². The molecule has 0 saturated heterocycles. The third-order valence-electron chi connectivity index (χ3n) is 1.32. The van der Waals surface area contributed by atoms with Gasteiger partial charge in [0.1, 0.15) is 0 Å². The van der Waals surface area contributed by atoms with Gasteiger partial charge in [0.15, 0.2) is 0 Å². The van der Waals surface area contributed by atoms with Gasteiger partial charge in [0.2, 0.25) is 0 Å². The van der Waals surface area contributed by atoms with Gasteiger partial charge < -0.3 is 5.11 Å². The summed E-state index contributed by atoms with van der Waals surface area (Å²) in [6.45, 7) is 5.25. The van der Waals surface area contributed by atoms with Crippen molar-refractivity contribution in [1.82, 2.24) is 0 Å². The third kappa shape index (κ3) is 1.67. The maximum absolute atomic E-state index is 10.3. The van der Waals surface area contributed by atoms with Crippen LogP contribution < -0.4 is 0 Å². The highest BCUT2D eigenvalue weighted by Crippen LogP contribution is 2.10. The van der Waals surface area contributed by atoms with Crippen LogP contribution in [0.3, 0.4) is 0 Å². The maximum Gasteiger partial charge on any atom is 0.336 e. The number of carboxylic acids is 1. The summed E-state index contributed by atoms with van der Waals surface area (Å²) in [5.41, 5.74) is 0.422. The van der Waals surface area contributed by atoms with Crippen molar-refractivity contribution in [3.05, 3.63) is 42.5 Å². The van der Waals surface area contributed by atoms with Gasteiger partial charge in [0.25, 0.3) is 0 Å². The number of rotatable bonds is 2. The molecule has 1 N–H and O–H groups in total. The van der Waals surface area contributed by atoms with E-state index in [1.807, 2.05) is 0 Å². The van der Waals surface area contributed by atoms with Crippen molar-refractivity contribution in [2.45, 2.75) is 0 Å². The molecule has 1 radical (unpaired) electrons. The molecule has 0 aliphatic carbocycles. The molecule has 0 bridgehead atoms. The molecule has 0 aromatic heterocycles. The average molecular weight is 147 g/mol. The highest BCUT2D eigenvalue weighted by molar-refractivity contribution is 6.13. The Bertz CT molecular complexity index is 275. The summed E-state index contributed by atoms with van der Waals surface area (Å²) in [5.74, 6) is -1.09. The Balaban J connectivity index is 2.95. The second kappa shape index (κ2) is 3.01. The smallest absolute Gasteiger partial charge is 0.336 e. The second-order valence-electron chi connectivity index (χ2n) is 2.08. The van der Waals surface area contributed by atoms with E-state index in [1.165, 1.54) is 0 Å². The summed E-state index contributed by atoms with van der Waals surface area (Å²) in [4.78, 5) is 10.3. The molecule has 0 atom stereocenters. The van der Waals surface area contributed by atoms with Crippen LogP contribution in [0.1, 0.15) is 5.56 Å². The molecule has 0 fully saturated rings. The molecule has 0 aliphatic heterocycles. The van der Waals surface area contributed by atoms with Crippen molar-refractivity contribution in [3.8, 4) is 0 Å². The lowest BCUT2D eigenvalue weighted by Gasteiger charge is -1.97. The third-order valence-corrected chi connectivity index (χ3v) is 1.32. The number of hydrogen-bond donors (Lipinski definition) is 1. The van der Waals surface area contributed by atoms with Crippen molar-refractivity contribution < 1.29 is 9.90 Å². The van der Waals surface area contributed by atoms with E-state index in [0.29, 0.717) is 5.56 Å². The summed E-state index contributed by atoms with van der Waals surface area (Å²) in [6.07, 6.45) is 0. The lowest BCUT2D eigenvalue weighted by atomic mass is 10.1. The van der Waals surface area contributed by atoms with E-state index in [1.54, 1.807) is 30.3 Å². The molecular formula is C9H7O2. The minimum atomic E-state index is -1.09. The molecule has 55 valence electrons. The van der Waals surface area contributed by atoms with Gasteiger partial charge in [-0.05, 0) is 12.1 Å². The average Bonchev–Trinajstić information content (AvgIpc) is 2.05. The zero-order chi connectivity index (χ0) is 8.27. The van der Waals surface area contributed by atoms with Gasteiger partial charge in [0.05, 0.1) is 5.57 Å². The van der Waals surface area contributed by atoms with Crippen LogP contribution in [0, 0.1) is 6.58 Å². The van der Waals surface area contributed by atoms with E-state index in [0.717, 1.165) is 0 Å². The number of carboxylic acid groups (broad SMARTS) is 1. The Labute approximate surface area is 64.8 Å². The van der Waals surface area contributed by atoms with Gasteiger partial charge >= 0.3 is 5.97 Å². The maximum atomic E-state index is 10.3. The van der Waals surface area contributed by atoms with Crippen LogP contribution in [0.25, 0.3) is 5.57 Å². The summed E-state index contributed by atoms with van der Waals surface area (Å²) in [6, 6.07) is 8.60. The van der Waals surface area contributed by atoms with Gasteiger partial charge in [-0.15, -0.1) is 0 Å². The van der Waals surface area contributed by atoms with Crippen LogP contribution in [0.2, 0.25) is 0 Å². The zero-order valence-electron chi connectivity index (χ0n) is 5.82. The van der Waals surface area contributed by atoms with Gasteiger partial charge in [0, 0.05) is 0 Å². The van der Waals surface area contributed by atoms with Crippen molar-refractivity contribution in [2.24, 2.45) is 0 Å². The molecule has 1 aromatic rings. The molecule has 0 heterocycles. The van der Waals surface area contributed by atoms with E-state index in [-0.39, 0.29) is 5.57 Å². The topological polar surface area (TPSA) is 37.3 Å². The molecule has 0 unspecified atom stereocenters. The highest BCUT2D eigenvalue weighted by Gasteiger charge is 2.04. The van der Waals surface area contributed by atoms with E-state index >= 15 is 0 Å². The van der Waals surface area contributed by atoms with Crippen molar-refractivity contribution in [3.63, 3.8) is 0 Å². The lowest BCUT2D eigenvalue weighted by molar-refractivity contribution is -0.130. The number of carbonyl (C=O) groups is 1. The van der Waals surface area contributed by atoms with Crippen LogP contribution in [0.15, 0.2) is 30.3 Å². The minimum absolute atomic E-state index is 0.120. The Morgan fingerprint density at radius 2 is 1.82 bits per heavy atom. The van der Waals surface area contributed by atoms with Crippen LogP contribution in [-0.4, -0.2) is 11.1 Å². The first-order valence-corrected chi connectivity index (χ1v) is 3.13. The fourth-order valence-electron chi connectivity index (χ4n) is 0.741. The van der Waals surface area contributed by atoms with Gasteiger partial charge in [-0.3, -0.25) is 0 Å². The summed E-state index contributed by atoms with van der Waals surface area (Å²) >= 11 is 0. The molecule has 0 aliphatic rings. The molecule has 1 rings (SSSR count). The first-order chi connectivity index (χ1) is 5.22. The Morgan fingerprint density at radius 1 is 1.27 bits per heavy atom. The fraction of sp³-hybridized carbons (Fsp3) is 0. The summed E-state index contributed by atoms with van der Waals surface area (Å²) in [7, 11) is 0. The van der Waals surface area contributed by atoms with Crippen LogP contribution in [0.5, 0.6) is 0 Å². The van der Waals surface area contributed by atoms with E-state index in [2.05, 4.69) is 0 Å². The summed E-state index contributed by atoms with van der Waals surface area (Å²) in [5, 5.41) is 8.47. The Kier molecular flexibility index (Phi) is 2.06. The molecular weight excluding hydrogens is 140 g/mol. The summed E-state index contributed by atoms with van der Waals surface area (Å²) < 4.78 is 0. The quantitative estimate of drug-likeness (QED) is 0.645. The van der Waals surface area contributed by atoms with Crippen LogP contribution in [-0.2, 0) is 4.79 Å². The first-order valence-electron chi connectivity index (χ1n) is 3.13. The van der Waals surface area contributed by atoms with Crippen molar-refractivity contribution in [2.75, 3.05) is 0 Å². The van der Waals surface area contributed by atoms with Gasteiger partial charge in [-0.1, -0.05) is 30.3 Å². The van der Waals surface area contributed by atoms with Gasteiger partial charge in [-0.25, -0.2) is 4.79 Å². The largest absolute Gasteiger partial charge is 0.478 e. The predicted octanol–water partition coefficient (Wildman–Crippen LogP) is 1.59. The van der Waals surface area contributed by atoms with E-state index in [9.17, 15) is 4.79 Å². The SMILES string of the molecule is [CH]=C(C(=O)O)c1ccccc1. The monoisotopic (exact) mass is 147 g/mol. The van der Waals surface area contributed by atoms with Crippen molar-refractivity contribution >= 4 is 11.5 Å². The lowest BCUT2D eigenvalue weighted by Crippen LogP contribution is -1.97. The predicted molar refractivity (Wildman–Crippen MR) is 41.8 cm³/mol. The molecule has 2 nitrogen and oxygen atoms in total. The van der Waals surface area contributed by atoms with Crippen molar-refractivity contribution in [1.29, 1.82) is 0 Å². The molecule has 2 heteroatoms. The van der Waals surface area contributed by atoms with E-state index in [4.69, 9.17) is 11.7 Å². The molecule has 11 heavy (non-hydrogen) atoms. The highest BCUT2D eigenvalue weighted by atomic mass is 16.4. The number of benzene rings is 1. The fourth-order valence-corrected chi connectivity index (χ4v) is 0.741. The standard InChI is InChI=1S/C9H7O2/c1-7(9(10)11)8-5-3-2-4-6-8/h1-6H,(H,10,11). The molecule has 0 spiro atoms. The first kappa shape index (κ1) is 7.54. The zero-order valence-corrected chi connectivity index (χ0v) is 5.82. The molecule has 0 saturated carbocycles. The Morgan fingerprint density at radius 3 is 2.27 bits per heavy atom. The normalized spacial score (nSPS) is 9.09. The van der Waals surface area contributed by atoms with Crippen LogP contribution in [0.4, 0.5) is 0 Å². The molecule has 1 aromatic carbocycles. The number of aliphatic carboxylic acids is 1. The minimum Gasteiger partial charge on any atom is -0.478 e. The second-order valence-corrected chi connectivity index (χ2v) is 2.08. The number of hydrogen-bond acceptors (Lipinski definition) is 1. The van der Waals surface area contributed by atoms with Crippen LogP contribution >= 0.6 is 0 Å². The van der Waals surface area contributed by atoms with Gasteiger partial charge in [-0.2, -0.15) is 0 Å².